The molecule has 0 atom stereocenters. The van der Waals surface area contributed by atoms with Crippen molar-refractivity contribution in [3.63, 3.8) is 0 Å². The minimum Gasteiger partial charge on any atom is -0.333 e. The van der Waals surface area contributed by atoms with Crippen LogP contribution in [0.2, 0.25) is 0 Å². The molecule has 0 aromatic carbocycles. The van der Waals surface area contributed by atoms with Crippen LogP contribution in [0.5, 0.6) is 0 Å². The van der Waals surface area contributed by atoms with Gasteiger partial charge in [-0.25, -0.2) is 0 Å². The summed E-state index contributed by atoms with van der Waals surface area (Å²) in [5.41, 5.74) is 0. The van der Waals surface area contributed by atoms with Crippen molar-refractivity contribution in [2.45, 2.75) is 84.1 Å². The van der Waals surface area contributed by atoms with Gasteiger partial charge in [-0.15, -0.1) is 0 Å². The Morgan fingerprint density at radius 1 is 0.722 bits per heavy atom. The van der Waals surface area contributed by atoms with Crippen LogP contribution in [0.4, 0.5) is 0 Å². The quantitative estimate of drug-likeness (QED) is 0.764. The van der Waals surface area contributed by atoms with Gasteiger partial charge >= 0.3 is 0 Å². The lowest BCUT2D eigenvalue weighted by atomic mass is 9.76. The van der Waals surface area contributed by atoms with Gasteiger partial charge in [-0.05, 0) is 57.8 Å². The molecular formula is C17H34N+. The number of quaternary nitrogens is 1. The summed E-state index contributed by atoms with van der Waals surface area (Å²) < 4.78 is 0. The van der Waals surface area contributed by atoms with Crippen LogP contribution in [0.3, 0.4) is 0 Å². The van der Waals surface area contributed by atoms with E-state index >= 15 is 0 Å². The highest BCUT2D eigenvalue weighted by Crippen LogP contribution is 2.34. The smallest absolute Gasteiger partial charge is 0.0874 e. The third-order valence-corrected chi connectivity index (χ3v) is 5.72. The maximum atomic E-state index is 2.35. The van der Waals surface area contributed by atoms with Crippen molar-refractivity contribution < 1.29 is 4.90 Å². The van der Waals surface area contributed by atoms with E-state index in [-0.39, 0.29) is 0 Å². The lowest BCUT2D eigenvalue weighted by Gasteiger charge is -2.35. The topological polar surface area (TPSA) is 4.44 Å². The summed E-state index contributed by atoms with van der Waals surface area (Å²) in [7, 11) is 0. The Bertz CT molecular complexity index is 208. The molecule has 18 heavy (non-hydrogen) atoms. The molecule has 1 N–H and O–H groups in total. The summed E-state index contributed by atoms with van der Waals surface area (Å²) in [6.07, 6.45) is 15.3. The molecule has 2 fully saturated rings. The van der Waals surface area contributed by atoms with Gasteiger partial charge < -0.3 is 4.90 Å². The third-order valence-electron chi connectivity index (χ3n) is 5.72. The fourth-order valence-corrected chi connectivity index (χ4v) is 4.53. The first kappa shape index (κ1) is 14.4. The summed E-state index contributed by atoms with van der Waals surface area (Å²) in [6, 6.07) is 0.989. The van der Waals surface area contributed by atoms with E-state index in [0.717, 1.165) is 17.9 Å². The lowest BCUT2D eigenvalue weighted by molar-refractivity contribution is -0.923. The average molecular weight is 252 g/mol. The number of rotatable bonds is 5. The molecule has 1 nitrogen and oxygen atoms in total. The Morgan fingerprint density at radius 2 is 1.28 bits per heavy atom. The molecule has 0 saturated heterocycles. The molecule has 0 radical (unpaired) electrons. The first-order valence-electron chi connectivity index (χ1n) is 8.68. The minimum atomic E-state index is 0.989. The van der Waals surface area contributed by atoms with Gasteiger partial charge in [0.15, 0.2) is 0 Å². The number of hydrogen-bond donors (Lipinski definition) is 1. The Labute approximate surface area is 114 Å². The largest absolute Gasteiger partial charge is 0.333 e. The SMILES string of the molecule is CC[NH+](CC)C1CCC(CC2CCCCC2)CC1. The maximum absolute atomic E-state index is 2.35. The molecule has 0 spiro atoms. The molecule has 1 heteroatoms. The molecule has 0 amide bonds. The van der Waals surface area contributed by atoms with Crippen LogP contribution in [0.25, 0.3) is 0 Å². The van der Waals surface area contributed by atoms with Gasteiger partial charge in [-0.1, -0.05) is 32.1 Å². The predicted octanol–water partition coefficient (Wildman–Crippen LogP) is 3.44. The minimum absolute atomic E-state index is 0.989. The highest BCUT2D eigenvalue weighted by molar-refractivity contribution is 4.76. The summed E-state index contributed by atoms with van der Waals surface area (Å²) in [5.74, 6) is 2.18. The Balaban J connectivity index is 1.69. The summed E-state index contributed by atoms with van der Waals surface area (Å²) >= 11 is 0. The Kier molecular flexibility index (Phi) is 6.01. The van der Waals surface area contributed by atoms with Gasteiger partial charge in [0, 0.05) is 0 Å². The van der Waals surface area contributed by atoms with Crippen LogP contribution in [0, 0.1) is 11.8 Å². The molecule has 0 aliphatic heterocycles. The molecule has 0 aromatic rings. The zero-order chi connectivity index (χ0) is 12.8. The van der Waals surface area contributed by atoms with Gasteiger partial charge in [0.2, 0.25) is 0 Å². The van der Waals surface area contributed by atoms with Crippen LogP contribution in [0.1, 0.15) is 78.1 Å². The van der Waals surface area contributed by atoms with Crippen molar-refractivity contribution in [1.82, 2.24) is 0 Å². The van der Waals surface area contributed by atoms with Crippen molar-refractivity contribution in [3.05, 3.63) is 0 Å². The monoisotopic (exact) mass is 252 g/mol. The molecular weight excluding hydrogens is 218 g/mol. The van der Waals surface area contributed by atoms with E-state index in [1.54, 1.807) is 19.3 Å². The van der Waals surface area contributed by atoms with E-state index in [4.69, 9.17) is 0 Å². The van der Waals surface area contributed by atoms with Crippen molar-refractivity contribution in [2.24, 2.45) is 11.8 Å². The van der Waals surface area contributed by atoms with E-state index in [1.807, 2.05) is 4.90 Å². The van der Waals surface area contributed by atoms with Gasteiger partial charge in [-0.2, -0.15) is 0 Å². The summed E-state index contributed by atoms with van der Waals surface area (Å²) in [5, 5.41) is 0. The highest BCUT2D eigenvalue weighted by Gasteiger charge is 2.28. The van der Waals surface area contributed by atoms with Gasteiger partial charge in [0.1, 0.15) is 0 Å². The molecule has 0 heterocycles. The van der Waals surface area contributed by atoms with Gasteiger partial charge in [0.25, 0.3) is 0 Å². The van der Waals surface area contributed by atoms with E-state index in [0.29, 0.717) is 0 Å². The first-order chi connectivity index (χ1) is 8.83. The van der Waals surface area contributed by atoms with Crippen LogP contribution < -0.4 is 4.90 Å². The fraction of sp³-hybridized carbons (Fsp3) is 1.00. The van der Waals surface area contributed by atoms with E-state index in [1.165, 1.54) is 58.0 Å². The zero-order valence-electron chi connectivity index (χ0n) is 12.7. The number of hydrogen-bond acceptors (Lipinski definition) is 0. The third kappa shape index (κ3) is 3.98. The first-order valence-corrected chi connectivity index (χ1v) is 8.68. The molecule has 106 valence electrons. The average Bonchev–Trinajstić information content (AvgIpc) is 2.43. The molecule has 0 aromatic heterocycles. The standard InChI is InChI=1S/C17H33N/c1-3-18(4-2)17-12-10-16(11-13-17)14-15-8-6-5-7-9-15/h15-17H,3-14H2,1-2H3/p+1. The summed E-state index contributed by atoms with van der Waals surface area (Å²) in [6.45, 7) is 7.36. The molecule has 2 rings (SSSR count). The lowest BCUT2D eigenvalue weighted by Crippen LogP contribution is -3.15. The van der Waals surface area contributed by atoms with E-state index in [9.17, 15) is 0 Å². The van der Waals surface area contributed by atoms with Crippen LogP contribution >= 0.6 is 0 Å². The maximum Gasteiger partial charge on any atom is 0.0874 e. The fourth-order valence-electron chi connectivity index (χ4n) is 4.53. The van der Waals surface area contributed by atoms with Crippen LogP contribution in [-0.2, 0) is 0 Å². The molecule has 0 unspecified atom stereocenters. The normalized spacial score (nSPS) is 30.8. The molecule has 2 saturated carbocycles. The molecule has 2 aliphatic carbocycles. The molecule has 0 bridgehead atoms. The van der Waals surface area contributed by atoms with Gasteiger partial charge in [0.05, 0.1) is 19.1 Å². The Hall–Kier alpha value is -0.0400. The van der Waals surface area contributed by atoms with Crippen molar-refractivity contribution in [3.8, 4) is 0 Å². The number of nitrogens with one attached hydrogen (secondary N) is 1. The van der Waals surface area contributed by atoms with Crippen molar-refractivity contribution >= 4 is 0 Å². The van der Waals surface area contributed by atoms with Crippen LogP contribution in [0.15, 0.2) is 0 Å². The second kappa shape index (κ2) is 7.53. The van der Waals surface area contributed by atoms with E-state index < -0.39 is 0 Å². The van der Waals surface area contributed by atoms with E-state index in [2.05, 4.69) is 13.8 Å². The highest BCUT2D eigenvalue weighted by atomic mass is 15.1. The second-order valence-electron chi connectivity index (χ2n) is 6.82. The van der Waals surface area contributed by atoms with Crippen molar-refractivity contribution in [2.75, 3.05) is 13.1 Å². The summed E-state index contributed by atoms with van der Waals surface area (Å²) in [4.78, 5) is 1.85. The predicted molar refractivity (Wildman–Crippen MR) is 79.0 cm³/mol. The van der Waals surface area contributed by atoms with Crippen molar-refractivity contribution in [1.29, 1.82) is 0 Å². The van der Waals surface area contributed by atoms with Gasteiger partial charge in [-0.3, -0.25) is 0 Å². The van der Waals surface area contributed by atoms with Crippen LogP contribution in [-0.4, -0.2) is 19.1 Å². The second-order valence-corrected chi connectivity index (χ2v) is 6.82. The molecule has 2 aliphatic rings. The Morgan fingerprint density at radius 3 is 1.83 bits per heavy atom. The zero-order valence-corrected chi connectivity index (χ0v) is 12.7.